The molecule has 6 heteroatoms. The van der Waals surface area contributed by atoms with Crippen LogP contribution in [0.2, 0.25) is 0 Å². The topological polar surface area (TPSA) is 61.4 Å². The van der Waals surface area contributed by atoms with Crippen LogP contribution in [-0.2, 0) is 0 Å². The molecule has 1 unspecified atom stereocenters. The van der Waals surface area contributed by atoms with E-state index in [1.54, 1.807) is 6.20 Å². The minimum Gasteiger partial charge on any atom is -0.337 e. The average molecular weight is 289 g/mol. The van der Waals surface area contributed by atoms with E-state index in [1.165, 1.54) is 0 Å². The highest BCUT2D eigenvalue weighted by Crippen LogP contribution is 2.19. The molecule has 114 valence electrons. The molecule has 2 aliphatic rings. The Kier molecular flexibility index (Phi) is 4.17. The molecule has 0 aromatic carbocycles. The van der Waals surface area contributed by atoms with Crippen molar-refractivity contribution in [2.24, 2.45) is 0 Å². The van der Waals surface area contributed by atoms with E-state index in [1.807, 2.05) is 18.7 Å². The lowest BCUT2D eigenvalue weighted by atomic mass is 10.2. The molecule has 0 bridgehead atoms. The van der Waals surface area contributed by atoms with Crippen LogP contribution >= 0.6 is 0 Å². The zero-order valence-corrected chi connectivity index (χ0v) is 12.8. The average Bonchev–Trinajstić information content (AvgIpc) is 2.97. The summed E-state index contributed by atoms with van der Waals surface area (Å²) in [6, 6.07) is 0.503. The van der Waals surface area contributed by atoms with Gasteiger partial charge in [-0.15, -0.1) is 0 Å². The van der Waals surface area contributed by atoms with Crippen LogP contribution in [0.4, 0.5) is 0 Å². The van der Waals surface area contributed by atoms with Gasteiger partial charge in [-0.3, -0.25) is 9.69 Å². The molecule has 2 saturated heterocycles. The summed E-state index contributed by atoms with van der Waals surface area (Å²) in [5.74, 6) is 0.786. The van der Waals surface area contributed by atoms with E-state index in [4.69, 9.17) is 0 Å². The predicted molar refractivity (Wildman–Crippen MR) is 80.3 cm³/mol. The molecule has 2 fully saturated rings. The third-order valence-electron chi connectivity index (χ3n) is 4.45. The maximum absolute atomic E-state index is 12.6. The quantitative estimate of drug-likeness (QED) is 0.843. The van der Waals surface area contributed by atoms with Crippen molar-refractivity contribution in [1.29, 1.82) is 0 Å². The van der Waals surface area contributed by atoms with E-state index < -0.39 is 0 Å². The molecule has 0 aliphatic carbocycles. The molecule has 1 aromatic heterocycles. The van der Waals surface area contributed by atoms with Crippen LogP contribution in [0.25, 0.3) is 0 Å². The van der Waals surface area contributed by atoms with E-state index in [-0.39, 0.29) is 5.91 Å². The number of aromatic nitrogens is 2. The minimum absolute atomic E-state index is 0.0742. The molecule has 6 nitrogen and oxygen atoms in total. The molecule has 1 aromatic rings. The lowest BCUT2D eigenvalue weighted by Gasteiger charge is -2.32. The van der Waals surface area contributed by atoms with Gasteiger partial charge < -0.3 is 10.2 Å². The Bertz CT molecular complexity index is 527. The van der Waals surface area contributed by atoms with Gasteiger partial charge in [-0.1, -0.05) is 0 Å². The van der Waals surface area contributed by atoms with Crippen LogP contribution in [0.3, 0.4) is 0 Å². The van der Waals surface area contributed by atoms with Crippen molar-refractivity contribution in [3.63, 3.8) is 0 Å². The van der Waals surface area contributed by atoms with Crippen LogP contribution in [0, 0.1) is 13.8 Å². The van der Waals surface area contributed by atoms with Crippen LogP contribution in [0.1, 0.15) is 28.3 Å². The first-order valence-corrected chi connectivity index (χ1v) is 7.69. The first-order valence-electron chi connectivity index (χ1n) is 7.69. The molecule has 0 radical (unpaired) electrons. The van der Waals surface area contributed by atoms with Gasteiger partial charge in [-0.2, -0.15) is 0 Å². The van der Waals surface area contributed by atoms with Gasteiger partial charge in [0.1, 0.15) is 5.82 Å². The Labute approximate surface area is 125 Å². The van der Waals surface area contributed by atoms with Gasteiger partial charge >= 0.3 is 0 Å². The Balaban J connectivity index is 1.66. The zero-order valence-electron chi connectivity index (χ0n) is 12.8. The lowest BCUT2D eigenvalue weighted by Crippen LogP contribution is -2.49. The zero-order chi connectivity index (χ0) is 14.8. The Morgan fingerprint density at radius 2 is 2.05 bits per heavy atom. The van der Waals surface area contributed by atoms with Crippen LogP contribution < -0.4 is 5.32 Å². The van der Waals surface area contributed by atoms with Gasteiger partial charge in [0.05, 0.1) is 11.3 Å². The highest BCUT2D eigenvalue weighted by molar-refractivity contribution is 5.95. The van der Waals surface area contributed by atoms with Crippen molar-refractivity contribution >= 4 is 5.91 Å². The van der Waals surface area contributed by atoms with Gasteiger partial charge in [0.25, 0.3) is 5.91 Å². The van der Waals surface area contributed by atoms with Gasteiger partial charge in [-0.05, 0) is 20.3 Å². The largest absolute Gasteiger partial charge is 0.337 e. The number of carbonyl (C=O) groups excluding carboxylic acids is 1. The summed E-state index contributed by atoms with van der Waals surface area (Å²) in [4.78, 5) is 25.5. The molecule has 0 spiro atoms. The monoisotopic (exact) mass is 289 g/mol. The fraction of sp³-hybridized carbons (Fsp3) is 0.667. The summed E-state index contributed by atoms with van der Waals surface area (Å²) in [7, 11) is 0. The van der Waals surface area contributed by atoms with E-state index in [0.29, 0.717) is 17.4 Å². The van der Waals surface area contributed by atoms with Crippen molar-refractivity contribution in [2.45, 2.75) is 26.3 Å². The normalized spacial score (nSPS) is 23.5. The summed E-state index contributed by atoms with van der Waals surface area (Å²) >= 11 is 0. The summed E-state index contributed by atoms with van der Waals surface area (Å²) < 4.78 is 0. The molecule has 2 aliphatic heterocycles. The SMILES string of the molecule is Cc1ncc(C(=O)N2CCC(N3CCNCC3)C2)c(C)n1. The van der Waals surface area contributed by atoms with Crippen LogP contribution in [0.5, 0.6) is 0 Å². The predicted octanol–water partition coefficient (Wildman–Crippen LogP) is 0.213. The first-order chi connectivity index (χ1) is 10.1. The van der Waals surface area contributed by atoms with E-state index in [2.05, 4.69) is 20.2 Å². The number of amides is 1. The van der Waals surface area contributed by atoms with Gasteiger partial charge in [-0.25, -0.2) is 9.97 Å². The lowest BCUT2D eigenvalue weighted by molar-refractivity contribution is 0.0771. The van der Waals surface area contributed by atoms with Gasteiger partial charge in [0, 0.05) is 51.5 Å². The summed E-state index contributed by atoms with van der Waals surface area (Å²) in [5, 5.41) is 3.37. The molecule has 21 heavy (non-hydrogen) atoms. The Hall–Kier alpha value is -1.53. The Morgan fingerprint density at radius 3 is 2.76 bits per heavy atom. The Morgan fingerprint density at radius 1 is 1.29 bits per heavy atom. The molecule has 1 atom stereocenters. The van der Waals surface area contributed by atoms with Crippen molar-refractivity contribution in [1.82, 2.24) is 25.1 Å². The van der Waals surface area contributed by atoms with Gasteiger partial charge in [0.2, 0.25) is 0 Å². The summed E-state index contributed by atoms with van der Waals surface area (Å²) in [6.45, 7) is 9.65. The number of rotatable bonds is 2. The van der Waals surface area contributed by atoms with E-state index in [0.717, 1.165) is 51.4 Å². The molecular formula is C15H23N5O. The number of nitrogens with zero attached hydrogens (tertiary/aromatic N) is 4. The maximum Gasteiger partial charge on any atom is 0.257 e. The van der Waals surface area contributed by atoms with Crippen LogP contribution in [0.15, 0.2) is 6.20 Å². The third-order valence-corrected chi connectivity index (χ3v) is 4.45. The highest BCUT2D eigenvalue weighted by Gasteiger charge is 2.32. The number of aryl methyl sites for hydroxylation is 2. The molecule has 1 amide bonds. The number of hydrogen-bond acceptors (Lipinski definition) is 5. The smallest absolute Gasteiger partial charge is 0.257 e. The minimum atomic E-state index is 0.0742. The second-order valence-corrected chi connectivity index (χ2v) is 5.90. The van der Waals surface area contributed by atoms with E-state index >= 15 is 0 Å². The number of hydrogen-bond donors (Lipinski definition) is 1. The fourth-order valence-corrected chi connectivity index (χ4v) is 3.24. The van der Waals surface area contributed by atoms with Crippen molar-refractivity contribution in [3.8, 4) is 0 Å². The molecule has 0 saturated carbocycles. The van der Waals surface area contributed by atoms with Gasteiger partial charge in [0.15, 0.2) is 0 Å². The fourth-order valence-electron chi connectivity index (χ4n) is 3.24. The first kappa shape index (κ1) is 14.4. The second-order valence-electron chi connectivity index (χ2n) is 5.90. The summed E-state index contributed by atoms with van der Waals surface area (Å²) in [5.41, 5.74) is 1.42. The van der Waals surface area contributed by atoms with Crippen molar-refractivity contribution < 1.29 is 4.79 Å². The number of nitrogens with one attached hydrogen (secondary N) is 1. The second kappa shape index (κ2) is 6.07. The number of carbonyl (C=O) groups is 1. The molecule has 3 heterocycles. The number of likely N-dealkylation sites (tertiary alicyclic amines) is 1. The molecule has 1 N–H and O–H groups in total. The highest BCUT2D eigenvalue weighted by atomic mass is 16.2. The maximum atomic E-state index is 12.6. The van der Waals surface area contributed by atoms with E-state index in [9.17, 15) is 4.79 Å². The standard InChI is InChI=1S/C15H23N5O/c1-11-14(9-17-12(2)18-11)15(21)20-6-3-13(10-20)19-7-4-16-5-8-19/h9,13,16H,3-8,10H2,1-2H3. The third kappa shape index (κ3) is 3.06. The molecular weight excluding hydrogens is 266 g/mol. The van der Waals surface area contributed by atoms with Crippen LogP contribution in [-0.4, -0.2) is 71.0 Å². The van der Waals surface area contributed by atoms with Crippen molar-refractivity contribution in [3.05, 3.63) is 23.3 Å². The number of piperazine rings is 1. The summed E-state index contributed by atoms with van der Waals surface area (Å²) in [6.07, 6.45) is 2.73. The molecule has 3 rings (SSSR count). The van der Waals surface area contributed by atoms with Crippen molar-refractivity contribution in [2.75, 3.05) is 39.3 Å².